The van der Waals surface area contributed by atoms with Crippen molar-refractivity contribution < 1.29 is 14.3 Å². The fraction of sp³-hybridized carbons (Fsp3) is 0.684. The maximum atomic E-state index is 12.4. The van der Waals surface area contributed by atoms with Crippen LogP contribution in [0.4, 0.5) is 10.6 Å². The molecule has 0 radical (unpaired) electrons. The highest BCUT2D eigenvalue weighted by atomic mass is 35.5. The third-order valence-corrected chi connectivity index (χ3v) is 6.00. The lowest BCUT2D eigenvalue weighted by atomic mass is 10.2. The Morgan fingerprint density at radius 3 is 2.67 bits per heavy atom. The highest BCUT2D eigenvalue weighted by molar-refractivity contribution is 7.99. The van der Waals surface area contributed by atoms with Crippen molar-refractivity contribution >= 4 is 41.1 Å². The average molecular weight is 457 g/mol. The number of carbonyl (C=O) groups is 2. The fourth-order valence-corrected chi connectivity index (χ4v) is 4.42. The summed E-state index contributed by atoms with van der Waals surface area (Å²) in [5, 5.41) is 3.76. The van der Waals surface area contributed by atoms with Gasteiger partial charge in [0.2, 0.25) is 5.91 Å². The van der Waals surface area contributed by atoms with Crippen molar-refractivity contribution in [2.24, 2.45) is 0 Å². The molecule has 9 nitrogen and oxygen atoms in total. The van der Waals surface area contributed by atoms with E-state index in [1.54, 1.807) is 11.0 Å². The predicted molar refractivity (Wildman–Crippen MR) is 117 cm³/mol. The topological polar surface area (TPSA) is 90.9 Å². The van der Waals surface area contributed by atoms with Crippen LogP contribution in [0.5, 0.6) is 0 Å². The summed E-state index contributed by atoms with van der Waals surface area (Å²) in [6.45, 7) is 10.2. The highest BCUT2D eigenvalue weighted by Crippen LogP contribution is 2.24. The molecule has 11 heteroatoms. The monoisotopic (exact) mass is 456 g/mol. The number of aromatic nitrogens is 2. The Hall–Kier alpha value is -1.78. The maximum absolute atomic E-state index is 12.4. The molecular formula is C19H29ClN6O3S. The predicted octanol–water partition coefficient (Wildman–Crippen LogP) is 1.71. The first-order valence-electron chi connectivity index (χ1n) is 10.2. The number of ether oxygens (including phenoxy) is 1. The minimum absolute atomic E-state index is 0.0326. The quantitative estimate of drug-likeness (QED) is 0.409. The van der Waals surface area contributed by atoms with Crippen molar-refractivity contribution in [1.29, 1.82) is 0 Å². The van der Waals surface area contributed by atoms with Crippen molar-refractivity contribution in [2.75, 3.05) is 56.6 Å². The largest absolute Gasteiger partial charge is 0.378 e. The van der Waals surface area contributed by atoms with E-state index in [1.807, 2.05) is 25.7 Å². The molecule has 0 bridgehead atoms. The van der Waals surface area contributed by atoms with Gasteiger partial charge in [-0.1, -0.05) is 23.4 Å². The second kappa shape index (κ2) is 10.5. The number of hydrogen-bond acceptors (Lipinski definition) is 7. The molecule has 3 rings (SSSR count). The highest BCUT2D eigenvalue weighted by Gasteiger charge is 2.29. The number of urea groups is 1. The number of amides is 3. The number of thioether (sulfide) groups is 1. The smallest absolute Gasteiger partial charge is 0.317 e. The molecule has 0 aromatic carbocycles. The van der Waals surface area contributed by atoms with E-state index in [0.29, 0.717) is 62.1 Å². The SMILES string of the molecule is CC(C)NC(=O)N1CCN(c2cc(Cl)nc(SCC(=O)N3CCOCC3)n2)CC1C. The summed E-state index contributed by atoms with van der Waals surface area (Å²) in [7, 11) is 0. The van der Waals surface area contributed by atoms with Crippen molar-refractivity contribution in [3.8, 4) is 0 Å². The second-order valence-electron chi connectivity index (χ2n) is 7.71. The van der Waals surface area contributed by atoms with E-state index in [1.165, 1.54) is 11.8 Å². The number of nitrogens with zero attached hydrogens (tertiary/aromatic N) is 5. The minimum Gasteiger partial charge on any atom is -0.378 e. The summed E-state index contributed by atoms with van der Waals surface area (Å²) < 4.78 is 5.28. The third kappa shape index (κ3) is 6.12. The van der Waals surface area contributed by atoms with Crippen LogP contribution in [-0.2, 0) is 9.53 Å². The van der Waals surface area contributed by atoms with Gasteiger partial charge in [-0.05, 0) is 20.8 Å². The standard InChI is InChI=1S/C19H29ClN6O3S/c1-13(2)21-19(28)26-5-4-25(11-14(26)3)16-10-15(20)22-18(23-16)30-12-17(27)24-6-8-29-9-7-24/h10,13-14H,4-9,11-12H2,1-3H3,(H,21,28). The molecule has 1 N–H and O–H groups in total. The molecule has 1 unspecified atom stereocenters. The van der Waals surface area contributed by atoms with E-state index in [9.17, 15) is 9.59 Å². The summed E-state index contributed by atoms with van der Waals surface area (Å²) in [4.78, 5) is 39.3. The molecule has 3 heterocycles. The van der Waals surface area contributed by atoms with Gasteiger partial charge in [-0.15, -0.1) is 0 Å². The van der Waals surface area contributed by atoms with E-state index in [4.69, 9.17) is 16.3 Å². The van der Waals surface area contributed by atoms with E-state index in [-0.39, 0.29) is 29.8 Å². The van der Waals surface area contributed by atoms with Gasteiger partial charge in [-0.2, -0.15) is 0 Å². The van der Waals surface area contributed by atoms with Gasteiger partial charge < -0.3 is 24.8 Å². The van der Waals surface area contributed by atoms with E-state index in [0.717, 1.165) is 0 Å². The zero-order chi connectivity index (χ0) is 21.7. The molecule has 30 heavy (non-hydrogen) atoms. The van der Waals surface area contributed by atoms with Crippen molar-refractivity contribution in [3.63, 3.8) is 0 Å². The van der Waals surface area contributed by atoms with Crippen LogP contribution in [0.1, 0.15) is 20.8 Å². The van der Waals surface area contributed by atoms with Crippen LogP contribution >= 0.6 is 23.4 Å². The summed E-state index contributed by atoms with van der Waals surface area (Å²) in [6.07, 6.45) is 0. The van der Waals surface area contributed by atoms with Crippen LogP contribution in [0, 0.1) is 0 Å². The van der Waals surface area contributed by atoms with Gasteiger partial charge in [-0.3, -0.25) is 4.79 Å². The van der Waals surface area contributed by atoms with Crippen LogP contribution in [0.15, 0.2) is 11.2 Å². The van der Waals surface area contributed by atoms with Gasteiger partial charge in [0.25, 0.3) is 0 Å². The van der Waals surface area contributed by atoms with Gasteiger partial charge in [-0.25, -0.2) is 14.8 Å². The maximum Gasteiger partial charge on any atom is 0.317 e. The van der Waals surface area contributed by atoms with Crippen LogP contribution in [0.25, 0.3) is 0 Å². The lowest BCUT2D eigenvalue weighted by Gasteiger charge is -2.40. The van der Waals surface area contributed by atoms with Crippen LogP contribution in [0.3, 0.4) is 0 Å². The second-order valence-corrected chi connectivity index (χ2v) is 9.04. The molecule has 2 aliphatic heterocycles. The van der Waals surface area contributed by atoms with Gasteiger partial charge in [0.15, 0.2) is 5.16 Å². The Kier molecular flexibility index (Phi) is 8.01. The number of anilines is 1. The number of nitrogens with one attached hydrogen (secondary N) is 1. The number of halogens is 1. The molecule has 0 saturated carbocycles. The van der Waals surface area contributed by atoms with Crippen molar-refractivity contribution in [2.45, 2.75) is 38.0 Å². The van der Waals surface area contributed by atoms with Crippen LogP contribution < -0.4 is 10.2 Å². The average Bonchev–Trinajstić information content (AvgIpc) is 2.71. The Bertz CT molecular complexity index is 762. The van der Waals surface area contributed by atoms with Crippen LogP contribution in [0.2, 0.25) is 5.15 Å². The summed E-state index contributed by atoms with van der Waals surface area (Å²) in [5.74, 6) is 1.03. The van der Waals surface area contributed by atoms with Gasteiger partial charge >= 0.3 is 6.03 Å². The van der Waals surface area contributed by atoms with E-state index >= 15 is 0 Å². The molecule has 2 saturated heterocycles. The van der Waals surface area contributed by atoms with E-state index < -0.39 is 0 Å². The minimum atomic E-state index is -0.0456. The summed E-state index contributed by atoms with van der Waals surface area (Å²) in [5.41, 5.74) is 0. The molecule has 1 atom stereocenters. The fourth-order valence-electron chi connectivity index (χ4n) is 3.44. The summed E-state index contributed by atoms with van der Waals surface area (Å²) in [6, 6.07) is 1.82. The first kappa shape index (κ1) is 22.9. The first-order valence-corrected chi connectivity index (χ1v) is 11.5. The molecule has 1 aromatic heterocycles. The third-order valence-electron chi connectivity index (χ3n) is 4.97. The summed E-state index contributed by atoms with van der Waals surface area (Å²) >= 11 is 7.52. The Labute approximate surface area is 186 Å². The molecule has 2 aliphatic rings. The zero-order valence-electron chi connectivity index (χ0n) is 17.6. The Morgan fingerprint density at radius 2 is 2.00 bits per heavy atom. The van der Waals surface area contributed by atoms with Crippen molar-refractivity contribution in [1.82, 2.24) is 25.1 Å². The molecule has 0 spiro atoms. The van der Waals surface area contributed by atoms with Gasteiger partial charge in [0.1, 0.15) is 11.0 Å². The van der Waals surface area contributed by atoms with Crippen LogP contribution in [-0.4, -0.2) is 95.5 Å². The van der Waals surface area contributed by atoms with Gasteiger partial charge in [0.05, 0.1) is 19.0 Å². The lowest BCUT2D eigenvalue weighted by molar-refractivity contribution is -0.132. The number of hydrogen-bond donors (Lipinski definition) is 1. The van der Waals surface area contributed by atoms with E-state index in [2.05, 4.69) is 20.2 Å². The molecule has 1 aromatic rings. The molecule has 3 amide bonds. The molecular weight excluding hydrogens is 428 g/mol. The Morgan fingerprint density at radius 1 is 1.27 bits per heavy atom. The molecule has 2 fully saturated rings. The number of morpholine rings is 1. The normalized spacial score (nSPS) is 19.9. The number of carbonyl (C=O) groups excluding carboxylic acids is 2. The number of rotatable bonds is 5. The van der Waals surface area contributed by atoms with Gasteiger partial charge in [0, 0.05) is 50.9 Å². The Balaban J connectivity index is 1.60. The number of piperazine rings is 1. The van der Waals surface area contributed by atoms with Crippen molar-refractivity contribution in [3.05, 3.63) is 11.2 Å². The zero-order valence-corrected chi connectivity index (χ0v) is 19.2. The first-order chi connectivity index (χ1) is 14.3. The lowest BCUT2D eigenvalue weighted by Crippen LogP contribution is -2.57. The molecule has 166 valence electrons. The molecule has 0 aliphatic carbocycles.